The normalized spacial score (nSPS) is 11.9. The molecule has 0 spiro atoms. The number of nitrogens with two attached hydrogens (primary N) is 1. The van der Waals surface area contributed by atoms with Gasteiger partial charge in [0.1, 0.15) is 5.84 Å². The summed E-state index contributed by atoms with van der Waals surface area (Å²) in [5.41, 5.74) is 6.24. The summed E-state index contributed by atoms with van der Waals surface area (Å²) >= 11 is 5.91. The number of hydrogen-bond acceptors (Lipinski definition) is 4. The second-order valence-electron chi connectivity index (χ2n) is 7.20. The Hall–Kier alpha value is -3.20. The van der Waals surface area contributed by atoms with Gasteiger partial charge in [-0.2, -0.15) is 4.98 Å². The molecule has 0 saturated carbocycles. The highest BCUT2D eigenvalue weighted by atomic mass is 35.5. The number of rotatable bonds is 9. The van der Waals surface area contributed by atoms with Crippen molar-refractivity contribution in [3.63, 3.8) is 0 Å². The van der Waals surface area contributed by atoms with Gasteiger partial charge in [-0.25, -0.2) is 9.79 Å². The molecule has 10 heteroatoms. The van der Waals surface area contributed by atoms with Crippen LogP contribution in [0.3, 0.4) is 0 Å². The highest BCUT2D eigenvalue weighted by Gasteiger charge is 2.17. The molecule has 31 heavy (non-hydrogen) atoms. The van der Waals surface area contributed by atoms with Crippen molar-refractivity contribution in [1.29, 1.82) is 0 Å². The Morgan fingerprint density at radius 2 is 1.90 bits per heavy atom. The lowest BCUT2D eigenvalue weighted by Crippen LogP contribution is -2.40. The van der Waals surface area contributed by atoms with Crippen LogP contribution in [-0.4, -0.2) is 30.8 Å². The third kappa shape index (κ3) is 5.49. The summed E-state index contributed by atoms with van der Waals surface area (Å²) in [4.78, 5) is 48.5. The fourth-order valence-electron chi connectivity index (χ4n) is 3.25. The molecule has 0 saturated heterocycles. The van der Waals surface area contributed by atoms with Crippen LogP contribution in [0, 0.1) is 0 Å². The number of aromatic nitrogens is 4. The molecular weight excluding hydrogens is 420 g/mol. The third-order valence-electron chi connectivity index (χ3n) is 4.90. The van der Waals surface area contributed by atoms with E-state index in [4.69, 9.17) is 17.3 Å². The van der Waals surface area contributed by atoms with Crippen LogP contribution in [0.2, 0.25) is 5.28 Å². The number of nitrogens with one attached hydrogen (secondary N) is 1. The Balaban J connectivity index is 1.74. The van der Waals surface area contributed by atoms with E-state index in [0.717, 1.165) is 23.0 Å². The van der Waals surface area contributed by atoms with Crippen molar-refractivity contribution in [2.24, 2.45) is 10.7 Å². The Kier molecular flexibility index (Phi) is 7.41. The number of aromatic amines is 1. The van der Waals surface area contributed by atoms with Crippen molar-refractivity contribution in [2.45, 2.75) is 52.1 Å². The lowest BCUT2D eigenvalue weighted by Gasteiger charge is -2.10. The molecular formula is C21H25ClN6O3. The molecule has 0 radical (unpaired) electrons. The summed E-state index contributed by atoms with van der Waals surface area (Å²) in [5, 5.41) is 0.0290. The van der Waals surface area contributed by atoms with E-state index in [1.165, 1.54) is 4.57 Å². The number of imidazole rings is 1. The number of aryl methyl sites for hydroxylation is 2. The predicted octanol–water partition coefficient (Wildman–Crippen LogP) is 2.25. The number of H-pyrrole nitrogens is 1. The van der Waals surface area contributed by atoms with E-state index < -0.39 is 17.2 Å². The van der Waals surface area contributed by atoms with E-state index >= 15 is 0 Å². The van der Waals surface area contributed by atoms with Gasteiger partial charge in [-0.3, -0.25) is 18.7 Å². The number of benzene rings is 1. The molecule has 2 heterocycles. The van der Waals surface area contributed by atoms with Crippen LogP contribution in [-0.2, 0) is 24.3 Å². The Labute approximate surface area is 183 Å². The first-order valence-electron chi connectivity index (χ1n) is 10.2. The van der Waals surface area contributed by atoms with Gasteiger partial charge in [0.05, 0.1) is 0 Å². The van der Waals surface area contributed by atoms with Gasteiger partial charge in [-0.1, -0.05) is 43.7 Å². The minimum absolute atomic E-state index is 0.0290. The molecule has 0 unspecified atom stereocenters. The molecule has 0 aliphatic carbocycles. The van der Waals surface area contributed by atoms with Crippen LogP contribution < -0.4 is 17.0 Å². The highest BCUT2D eigenvalue weighted by Crippen LogP contribution is 2.10. The van der Waals surface area contributed by atoms with E-state index in [0.29, 0.717) is 19.4 Å². The molecule has 3 rings (SSSR count). The van der Waals surface area contributed by atoms with Crippen LogP contribution in [0.4, 0.5) is 0 Å². The summed E-state index contributed by atoms with van der Waals surface area (Å²) in [5.74, 6) is -0.267. The number of nitrogens with zero attached hydrogens (tertiary/aromatic N) is 4. The van der Waals surface area contributed by atoms with Gasteiger partial charge in [0.25, 0.3) is 5.56 Å². The lowest BCUT2D eigenvalue weighted by molar-refractivity contribution is -0.118. The van der Waals surface area contributed by atoms with E-state index in [9.17, 15) is 14.4 Å². The maximum atomic E-state index is 12.9. The molecule has 0 atom stereocenters. The first kappa shape index (κ1) is 22.5. The number of unbranched alkanes of at least 4 members (excludes halogenated alkanes) is 1. The number of carbonyl (C=O) groups excluding carboxylic acids is 1. The van der Waals surface area contributed by atoms with Gasteiger partial charge >= 0.3 is 5.69 Å². The summed E-state index contributed by atoms with van der Waals surface area (Å²) in [6.45, 7) is 2.28. The standard InChI is InChI=1S/C21H25ClN6O3/c1-2-3-12-27-18-17(25-20(22)26-18)19(30)28(21(27)31)13-11-16(29)24-15(23)10-9-14-7-5-4-6-8-14/h4-8H,2-3,9-13H2,1H3,(H,25,26)(H2,23,24,29). The van der Waals surface area contributed by atoms with E-state index in [1.807, 2.05) is 37.3 Å². The topological polar surface area (TPSA) is 128 Å². The predicted molar refractivity (Wildman–Crippen MR) is 121 cm³/mol. The van der Waals surface area contributed by atoms with Crippen molar-refractivity contribution < 1.29 is 4.79 Å². The highest BCUT2D eigenvalue weighted by molar-refractivity contribution is 6.29. The zero-order chi connectivity index (χ0) is 22.4. The van der Waals surface area contributed by atoms with Crippen molar-refractivity contribution in [2.75, 3.05) is 0 Å². The van der Waals surface area contributed by atoms with Crippen LogP contribution in [0.25, 0.3) is 11.2 Å². The van der Waals surface area contributed by atoms with Crippen molar-refractivity contribution in [3.8, 4) is 0 Å². The van der Waals surface area contributed by atoms with Crippen molar-refractivity contribution in [1.82, 2.24) is 19.1 Å². The lowest BCUT2D eigenvalue weighted by atomic mass is 10.1. The van der Waals surface area contributed by atoms with Gasteiger partial charge in [0.2, 0.25) is 11.2 Å². The fourth-order valence-corrected chi connectivity index (χ4v) is 3.42. The quantitative estimate of drug-likeness (QED) is 0.297. The monoisotopic (exact) mass is 444 g/mol. The Bertz CT molecular complexity index is 1210. The first-order valence-corrected chi connectivity index (χ1v) is 10.6. The van der Waals surface area contributed by atoms with Crippen molar-refractivity contribution >= 4 is 34.5 Å². The van der Waals surface area contributed by atoms with Crippen LogP contribution in [0.15, 0.2) is 44.9 Å². The second-order valence-corrected chi connectivity index (χ2v) is 7.56. The maximum absolute atomic E-state index is 12.9. The van der Waals surface area contributed by atoms with Crippen LogP contribution >= 0.6 is 11.6 Å². The summed E-state index contributed by atoms with van der Waals surface area (Å²) < 4.78 is 2.42. The zero-order valence-electron chi connectivity index (χ0n) is 17.3. The molecule has 1 amide bonds. The van der Waals surface area contributed by atoms with Crippen LogP contribution in [0.1, 0.15) is 38.2 Å². The van der Waals surface area contributed by atoms with Gasteiger partial charge in [-0.05, 0) is 30.0 Å². The average molecular weight is 445 g/mol. The first-order chi connectivity index (χ1) is 14.9. The summed E-state index contributed by atoms with van der Waals surface area (Å²) in [6, 6.07) is 9.74. The Morgan fingerprint density at radius 1 is 1.16 bits per heavy atom. The molecule has 9 nitrogen and oxygen atoms in total. The SMILES string of the molecule is CCCCn1c(=O)n(CCC(=O)N=C(N)CCc2ccccc2)c(=O)c2[nH]c(Cl)nc21. The zero-order valence-corrected chi connectivity index (χ0v) is 18.1. The number of aliphatic imine (C=N–C) groups is 1. The number of fused-ring (bicyclic) bond motifs is 1. The molecule has 0 bridgehead atoms. The number of hydrogen-bond donors (Lipinski definition) is 2. The number of halogens is 1. The van der Waals surface area contributed by atoms with E-state index in [-0.39, 0.29) is 35.2 Å². The van der Waals surface area contributed by atoms with E-state index in [1.54, 1.807) is 0 Å². The molecule has 0 fully saturated rings. The molecule has 3 N–H and O–H groups in total. The average Bonchev–Trinajstić information content (AvgIpc) is 3.14. The molecule has 0 aliphatic rings. The van der Waals surface area contributed by atoms with Crippen molar-refractivity contribution in [3.05, 3.63) is 62.0 Å². The molecule has 0 aliphatic heterocycles. The molecule has 164 valence electrons. The van der Waals surface area contributed by atoms with E-state index in [2.05, 4.69) is 15.0 Å². The van der Waals surface area contributed by atoms with Crippen LogP contribution in [0.5, 0.6) is 0 Å². The number of amides is 1. The maximum Gasteiger partial charge on any atom is 0.332 e. The van der Waals surface area contributed by atoms with Gasteiger partial charge in [0, 0.05) is 25.9 Å². The molecule has 1 aromatic carbocycles. The number of amidine groups is 1. The van der Waals surface area contributed by atoms with Gasteiger partial charge < -0.3 is 10.7 Å². The summed E-state index contributed by atoms with van der Waals surface area (Å²) in [7, 11) is 0. The van der Waals surface area contributed by atoms with Gasteiger partial charge in [0.15, 0.2) is 11.2 Å². The smallest absolute Gasteiger partial charge is 0.332 e. The Morgan fingerprint density at radius 3 is 2.61 bits per heavy atom. The van der Waals surface area contributed by atoms with Gasteiger partial charge in [-0.15, -0.1) is 0 Å². The third-order valence-corrected chi connectivity index (χ3v) is 5.08. The second kappa shape index (κ2) is 10.2. The minimum atomic E-state index is -0.569. The fraction of sp³-hybridized carbons (Fsp3) is 0.381. The summed E-state index contributed by atoms with van der Waals surface area (Å²) in [6.07, 6.45) is 2.59. The minimum Gasteiger partial charge on any atom is -0.387 e. The number of carbonyl (C=O) groups is 1. The largest absolute Gasteiger partial charge is 0.387 e. The molecule has 3 aromatic rings. The molecule has 2 aromatic heterocycles.